The fourth-order valence-electron chi connectivity index (χ4n) is 1.41. The van der Waals surface area contributed by atoms with E-state index in [2.05, 4.69) is 10.0 Å². The molecule has 10 heteroatoms. The number of rotatable bonds is 5. The van der Waals surface area contributed by atoms with Crippen LogP contribution in [-0.2, 0) is 0 Å². The highest BCUT2D eigenvalue weighted by molar-refractivity contribution is 6.31. The van der Waals surface area contributed by atoms with Gasteiger partial charge in [-0.05, 0) is 11.6 Å². The molecule has 4 N–H and O–H groups in total. The lowest BCUT2D eigenvalue weighted by atomic mass is 10.0. The molecule has 0 aromatic heterocycles. The van der Waals surface area contributed by atoms with Crippen molar-refractivity contribution in [2.75, 3.05) is 12.3 Å². The van der Waals surface area contributed by atoms with Crippen molar-refractivity contribution in [3.8, 4) is 0 Å². The molecule has 0 aliphatic carbocycles. The number of nitrogens with zero attached hydrogens (tertiary/aromatic N) is 4. The molecule has 1 aromatic carbocycles. The maximum Gasteiger partial charge on any atom is 0.292 e. The van der Waals surface area contributed by atoms with E-state index in [4.69, 9.17) is 22.9 Å². The van der Waals surface area contributed by atoms with Gasteiger partial charge in [-0.2, -0.15) is 0 Å². The van der Waals surface area contributed by atoms with Gasteiger partial charge in [0, 0.05) is 21.6 Å². The average molecular weight is 288 g/mol. The molecule has 0 saturated heterocycles. The third-order valence-corrected chi connectivity index (χ3v) is 2.69. The van der Waals surface area contributed by atoms with Crippen LogP contribution >= 0.6 is 11.6 Å². The first kappa shape index (κ1) is 15.0. The zero-order valence-electron chi connectivity index (χ0n) is 9.47. The molecule has 2 unspecified atom stereocenters. The molecule has 9 nitrogen and oxygen atoms in total. The van der Waals surface area contributed by atoms with E-state index in [1.54, 1.807) is 0 Å². The number of hydrogen-bond donors (Lipinski definition) is 3. The number of aliphatic hydroxyl groups excluding tert-OH is 2. The van der Waals surface area contributed by atoms with Crippen molar-refractivity contribution >= 4 is 23.0 Å². The Hall–Kier alpha value is -2.06. The van der Waals surface area contributed by atoms with Crippen molar-refractivity contribution < 1.29 is 15.1 Å². The van der Waals surface area contributed by atoms with E-state index in [0.717, 1.165) is 12.1 Å². The van der Waals surface area contributed by atoms with Crippen LogP contribution in [0.2, 0.25) is 5.02 Å². The molecule has 0 spiro atoms. The number of nitro groups is 1. The highest BCUT2D eigenvalue weighted by Gasteiger charge is 2.24. The van der Waals surface area contributed by atoms with Crippen molar-refractivity contribution in [1.29, 1.82) is 0 Å². The average Bonchev–Trinajstić information content (AvgIpc) is 2.34. The molecule has 0 saturated carbocycles. The molecule has 1 rings (SSSR count). The van der Waals surface area contributed by atoms with E-state index in [1.807, 2.05) is 0 Å². The van der Waals surface area contributed by atoms with Crippen molar-refractivity contribution in [2.45, 2.75) is 12.2 Å². The monoisotopic (exact) mass is 287 g/mol. The number of nitrogen functional groups attached to an aromatic ring is 1. The minimum Gasteiger partial charge on any atom is -0.393 e. The zero-order valence-corrected chi connectivity index (χ0v) is 10.2. The van der Waals surface area contributed by atoms with Crippen molar-refractivity contribution in [3.05, 3.63) is 43.3 Å². The second kappa shape index (κ2) is 6.21. The molecular formula is C9H10ClN5O4. The minimum atomic E-state index is -1.53. The zero-order chi connectivity index (χ0) is 14.6. The number of azide groups is 1. The summed E-state index contributed by atoms with van der Waals surface area (Å²) in [4.78, 5) is 12.4. The van der Waals surface area contributed by atoms with Crippen LogP contribution in [0.25, 0.3) is 10.4 Å². The third kappa shape index (κ3) is 3.46. The van der Waals surface area contributed by atoms with Crippen LogP contribution in [-0.4, -0.2) is 27.8 Å². The van der Waals surface area contributed by atoms with Gasteiger partial charge < -0.3 is 15.9 Å². The van der Waals surface area contributed by atoms with E-state index in [-0.39, 0.29) is 16.3 Å². The summed E-state index contributed by atoms with van der Waals surface area (Å²) in [5.74, 6) is 0. The number of benzene rings is 1. The quantitative estimate of drug-likeness (QED) is 0.187. The van der Waals surface area contributed by atoms with E-state index >= 15 is 0 Å². The Bertz CT molecular complexity index is 546. The number of halogens is 1. The highest BCUT2D eigenvalue weighted by atomic mass is 35.5. The molecule has 102 valence electrons. The van der Waals surface area contributed by atoms with E-state index < -0.39 is 29.4 Å². The summed E-state index contributed by atoms with van der Waals surface area (Å²) >= 11 is 5.80. The smallest absolute Gasteiger partial charge is 0.292 e. The van der Waals surface area contributed by atoms with Gasteiger partial charge in [-0.15, -0.1) is 0 Å². The third-order valence-electron chi connectivity index (χ3n) is 2.36. The summed E-state index contributed by atoms with van der Waals surface area (Å²) in [7, 11) is 0. The van der Waals surface area contributed by atoms with Crippen LogP contribution in [0, 0.1) is 10.1 Å². The normalized spacial score (nSPS) is 13.4. The summed E-state index contributed by atoms with van der Waals surface area (Å²) in [5.41, 5.74) is 12.9. The van der Waals surface area contributed by atoms with E-state index in [1.165, 1.54) is 0 Å². The number of aliphatic hydroxyl groups is 2. The van der Waals surface area contributed by atoms with Crippen LogP contribution in [0.4, 0.5) is 11.4 Å². The van der Waals surface area contributed by atoms with Crippen LogP contribution < -0.4 is 5.73 Å². The number of hydrogen-bond acceptors (Lipinski definition) is 6. The Morgan fingerprint density at radius 2 is 2.21 bits per heavy atom. The Morgan fingerprint density at radius 3 is 2.74 bits per heavy atom. The summed E-state index contributed by atoms with van der Waals surface area (Å²) < 4.78 is 0. The lowest BCUT2D eigenvalue weighted by Crippen LogP contribution is -2.21. The fraction of sp³-hybridized carbons (Fsp3) is 0.333. The van der Waals surface area contributed by atoms with Crippen LogP contribution in [0.5, 0.6) is 0 Å². The molecule has 19 heavy (non-hydrogen) atoms. The van der Waals surface area contributed by atoms with Gasteiger partial charge in [0.15, 0.2) is 0 Å². The van der Waals surface area contributed by atoms with Crippen LogP contribution in [0.3, 0.4) is 0 Å². The fourth-order valence-corrected chi connectivity index (χ4v) is 1.69. The van der Waals surface area contributed by atoms with Gasteiger partial charge >= 0.3 is 0 Å². The lowest BCUT2D eigenvalue weighted by Gasteiger charge is -2.17. The topological polar surface area (TPSA) is 158 Å². The van der Waals surface area contributed by atoms with Gasteiger partial charge in [-0.1, -0.05) is 16.7 Å². The first-order valence-electron chi connectivity index (χ1n) is 4.98. The summed E-state index contributed by atoms with van der Waals surface area (Å²) in [6.45, 7) is -0.397. The minimum absolute atomic E-state index is 0.0319. The maximum absolute atomic E-state index is 10.7. The van der Waals surface area contributed by atoms with Crippen molar-refractivity contribution in [2.24, 2.45) is 5.11 Å². The predicted molar refractivity (Wildman–Crippen MR) is 67.5 cm³/mol. The summed E-state index contributed by atoms with van der Waals surface area (Å²) in [6, 6.07) is 2.08. The molecule has 0 aliphatic rings. The standard InChI is InChI=1S/C9H10ClN5O4/c10-5-2-6(11)7(15(18)19)1-4(5)9(17)8(16)3-13-14-12/h1-2,8-9,16-17H,3,11H2. The molecule has 0 radical (unpaired) electrons. The van der Waals surface area contributed by atoms with E-state index in [0.29, 0.717) is 0 Å². The van der Waals surface area contributed by atoms with Crippen molar-refractivity contribution in [1.82, 2.24) is 0 Å². The first-order chi connectivity index (χ1) is 8.88. The second-order valence-electron chi connectivity index (χ2n) is 3.62. The molecule has 0 bridgehead atoms. The predicted octanol–water partition coefficient (Wildman–Crippen LogP) is 1.53. The van der Waals surface area contributed by atoms with Gasteiger partial charge in [0.25, 0.3) is 5.69 Å². The summed E-state index contributed by atoms with van der Waals surface area (Å²) in [6.07, 6.45) is -2.96. The van der Waals surface area contributed by atoms with Crippen LogP contribution in [0.1, 0.15) is 11.7 Å². The number of nitro benzene ring substituents is 1. The van der Waals surface area contributed by atoms with Crippen LogP contribution in [0.15, 0.2) is 17.2 Å². The Morgan fingerprint density at radius 1 is 1.58 bits per heavy atom. The molecule has 0 heterocycles. The Balaban J connectivity index is 3.15. The van der Waals surface area contributed by atoms with E-state index in [9.17, 15) is 20.3 Å². The molecular weight excluding hydrogens is 278 g/mol. The number of anilines is 1. The second-order valence-corrected chi connectivity index (χ2v) is 4.02. The molecule has 0 fully saturated rings. The lowest BCUT2D eigenvalue weighted by molar-refractivity contribution is -0.384. The molecule has 2 atom stereocenters. The Kier molecular flexibility index (Phi) is 4.90. The largest absolute Gasteiger partial charge is 0.393 e. The van der Waals surface area contributed by atoms with Gasteiger partial charge in [0.05, 0.1) is 17.6 Å². The molecule has 0 aliphatic heterocycles. The maximum atomic E-state index is 10.7. The molecule has 1 aromatic rings. The summed E-state index contributed by atoms with van der Waals surface area (Å²) in [5, 5.41) is 33.1. The Labute approximate surface area is 112 Å². The van der Waals surface area contributed by atoms with Crippen molar-refractivity contribution in [3.63, 3.8) is 0 Å². The van der Waals surface area contributed by atoms with Gasteiger partial charge in [-0.25, -0.2) is 0 Å². The highest BCUT2D eigenvalue weighted by Crippen LogP contribution is 2.33. The molecule has 0 amide bonds. The number of nitrogens with two attached hydrogens (primary N) is 1. The van der Waals surface area contributed by atoms with Gasteiger partial charge in [0.2, 0.25) is 0 Å². The van der Waals surface area contributed by atoms with Gasteiger partial charge in [-0.3, -0.25) is 10.1 Å². The first-order valence-corrected chi connectivity index (χ1v) is 5.36. The van der Waals surface area contributed by atoms with Gasteiger partial charge in [0.1, 0.15) is 11.8 Å². The SMILES string of the molecule is [N-]=[N+]=NCC(O)C(O)c1cc([N+](=O)[O-])c(N)cc1Cl.